The summed E-state index contributed by atoms with van der Waals surface area (Å²) < 4.78 is 12.0. The molecule has 2 aromatic carbocycles. The summed E-state index contributed by atoms with van der Waals surface area (Å²) in [5.74, 6) is -2.87. The molecule has 0 fully saturated rings. The van der Waals surface area contributed by atoms with Crippen LogP contribution in [0, 0.1) is 6.92 Å². The number of ether oxygens (including phenoxy) is 2. The number of aliphatic hydroxyl groups is 1. The topological polar surface area (TPSA) is 130 Å². The Balaban J connectivity index is 1.70. The van der Waals surface area contributed by atoms with E-state index in [0.29, 0.717) is 11.1 Å². The van der Waals surface area contributed by atoms with Gasteiger partial charge in [0, 0.05) is 22.8 Å². The number of rotatable bonds is 2. The zero-order valence-corrected chi connectivity index (χ0v) is 24.7. The zero-order chi connectivity index (χ0) is 30.6. The molecule has 0 saturated heterocycles. The number of ketones is 3. The molecule has 8 heteroatoms. The minimum absolute atomic E-state index is 0.0113. The van der Waals surface area contributed by atoms with Gasteiger partial charge in [-0.3, -0.25) is 14.4 Å². The van der Waals surface area contributed by atoms with Crippen LogP contribution in [0.5, 0.6) is 23.0 Å². The fourth-order valence-corrected chi connectivity index (χ4v) is 5.64. The van der Waals surface area contributed by atoms with Crippen molar-refractivity contribution in [1.82, 2.24) is 0 Å². The summed E-state index contributed by atoms with van der Waals surface area (Å²) in [6.45, 7) is 16.4. The highest BCUT2D eigenvalue weighted by Crippen LogP contribution is 2.59. The van der Waals surface area contributed by atoms with E-state index in [1.807, 2.05) is 32.9 Å². The van der Waals surface area contributed by atoms with Gasteiger partial charge in [0.05, 0.1) is 5.56 Å². The Labute approximate surface area is 238 Å². The number of phenols is 2. The van der Waals surface area contributed by atoms with Crippen LogP contribution in [0.15, 0.2) is 41.1 Å². The van der Waals surface area contributed by atoms with E-state index >= 15 is 0 Å². The number of carbonyl (C=O) groups excluding carboxylic acids is 3. The Morgan fingerprint density at radius 2 is 1.56 bits per heavy atom. The Bertz CT molecular complexity index is 1700. The summed E-state index contributed by atoms with van der Waals surface area (Å²) in [4.78, 5) is 39.6. The van der Waals surface area contributed by atoms with Crippen LogP contribution in [-0.4, -0.2) is 32.7 Å². The summed E-state index contributed by atoms with van der Waals surface area (Å²) in [5.41, 5.74) is -0.346. The first-order valence-electron chi connectivity index (χ1n) is 13.4. The lowest BCUT2D eigenvalue weighted by Crippen LogP contribution is -2.38. The van der Waals surface area contributed by atoms with E-state index in [-0.39, 0.29) is 62.0 Å². The molecule has 2 aromatic rings. The molecule has 214 valence electrons. The van der Waals surface area contributed by atoms with Crippen LogP contribution >= 0.6 is 0 Å². The summed E-state index contributed by atoms with van der Waals surface area (Å²) in [7, 11) is 0. The monoisotopic (exact) mass is 558 g/mol. The number of hydrogen-bond donors (Lipinski definition) is 3. The van der Waals surface area contributed by atoms with E-state index in [4.69, 9.17) is 9.47 Å². The second kappa shape index (κ2) is 8.59. The van der Waals surface area contributed by atoms with E-state index in [2.05, 4.69) is 20.8 Å². The van der Waals surface area contributed by atoms with Gasteiger partial charge in [-0.2, -0.15) is 0 Å². The van der Waals surface area contributed by atoms with Gasteiger partial charge in [0.15, 0.2) is 23.1 Å². The minimum Gasteiger partial charge on any atom is -0.507 e. The lowest BCUT2D eigenvalue weighted by molar-refractivity contribution is -0.123. The molecule has 8 nitrogen and oxygen atoms in total. The smallest absolute Gasteiger partial charge is 0.235 e. The van der Waals surface area contributed by atoms with Crippen molar-refractivity contribution >= 4 is 23.4 Å². The number of aliphatic hydroxyl groups excluding tert-OH is 1. The number of carbonyl (C=O) groups is 3. The third-order valence-corrected chi connectivity index (χ3v) is 8.14. The maximum absolute atomic E-state index is 13.9. The van der Waals surface area contributed by atoms with E-state index in [9.17, 15) is 29.7 Å². The van der Waals surface area contributed by atoms with Crippen LogP contribution in [-0.2, 0) is 25.8 Å². The van der Waals surface area contributed by atoms with Crippen molar-refractivity contribution in [3.05, 3.63) is 74.4 Å². The third-order valence-electron chi connectivity index (χ3n) is 8.14. The third kappa shape index (κ3) is 3.91. The second-order valence-corrected chi connectivity index (χ2v) is 13.2. The number of fused-ring (bicyclic) bond motifs is 5. The molecule has 5 rings (SSSR count). The van der Waals surface area contributed by atoms with Gasteiger partial charge in [0.1, 0.15) is 45.3 Å². The Morgan fingerprint density at radius 3 is 2.12 bits per heavy atom. The fourth-order valence-electron chi connectivity index (χ4n) is 5.64. The molecule has 41 heavy (non-hydrogen) atoms. The molecule has 0 spiro atoms. The predicted octanol–water partition coefficient (Wildman–Crippen LogP) is 6.14. The number of Topliss-reactive ketones (excluding diaryl/α,β-unsaturated/α-hetero) is 3. The molecule has 2 aliphatic heterocycles. The molecule has 3 N–H and O–H groups in total. The highest BCUT2D eigenvalue weighted by Gasteiger charge is 2.56. The Hall–Kier alpha value is -4.33. The van der Waals surface area contributed by atoms with Crippen LogP contribution in [0.25, 0.3) is 6.08 Å². The fraction of sp³-hybridized carbons (Fsp3) is 0.364. The number of hydrogen-bond acceptors (Lipinski definition) is 8. The lowest BCUT2D eigenvalue weighted by Gasteiger charge is -2.27. The predicted molar refractivity (Wildman–Crippen MR) is 153 cm³/mol. The molecule has 3 aliphatic rings. The van der Waals surface area contributed by atoms with E-state index in [1.54, 1.807) is 6.92 Å². The number of aromatic hydroxyl groups is 2. The maximum Gasteiger partial charge on any atom is 0.235 e. The molecule has 0 amide bonds. The van der Waals surface area contributed by atoms with Gasteiger partial charge in [-0.05, 0) is 49.3 Å². The number of allylic oxidation sites excluding steroid dienone is 4. The standard InChI is InChI=1S/C33H34O8/c1-14-25(36)24-29(41-21-13-19(35)22(15(2)34)30(39)33(21,24)9)23-27(38)20(40-28(14)23)11-16-10-17(31(3,4)5)12-18(26(16)37)32(6,7)8/h10-13,35-37H,1-9H3/b20-11-/t33-/m0/s1. The maximum atomic E-state index is 13.9. The quantitative estimate of drug-likeness (QED) is 0.296. The van der Waals surface area contributed by atoms with E-state index in [0.717, 1.165) is 5.56 Å². The average molecular weight is 559 g/mol. The molecule has 2 heterocycles. The van der Waals surface area contributed by atoms with Gasteiger partial charge in [-0.1, -0.05) is 47.6 Å². The summed E-state index contributed by atoms with van der Waals surface area (Å²) >= 11 is 0. The van der Waals surface area contributed by atoms with Crippen molar-refractivity contribution in [3.8, 4) is 23.0 Å². The van der Waals surface area contributed by atoms with Crippen LogP contribution < -0.4 is 9.47 Å². The molecule has 0 unspecified atom stereocenters. The van der Waals surface area contributed by atoms with Crippen molar-refractivity contribution in [1.29, 1.82) is 0 Å². The van der Waals surface area contributed by atoms with Gasteiger partial charge in [0.2, 0.25) is 5.78 Å². The first-order valence-corrected chi connectivity index (χ1v) is 13.4. The lowest BCUT2D eigenvalue weighted by atomic mass is 9.71. The zero-order valence-electron chi connectivity index (χ0n) is 24.7. The van der Waals surface area contributed by atoms with Crippen LogP contribution in [0.3, 0.4) is 0 Å². The van der Waals surface area contributed by atoms with Gasteiger partial charge in [-0.15, -0.1) is 0 Å². The molecule has 0 radical (unpaired) electrons. The molecule has 0 saturated carbocycles. The summed E-state index contributed by atoms with van der Waals surface area (Å²) in [6, 6.07) is 3.79. The molecule has 0 aromatic heterocycles. The van der Waals surface area contributed by atoms with Crippen molar-refractivity contribution in [2.24, 2.45) is 0 Å². The summed E-state index contributed by atoms with van der Waals surface area (Å²) in [5, 5.41) is 32.9. The van der Waals surface area contributed by atoms with Crippen molar-refractivity contribution < 1.29 is 39.2 Å². The van der Waals surface area contributed by atoms with Crippen molar-refractivity contribution in [3.63, 3.8) is 0 Å². The largest absolute Gasteiger partial charge is 0.507 e. The van der Waals surface area contributed by atoms with Gasteiger partial charge < -0.3 is 24.8 Å². The van der Waals surface area contributed by atoms with Crippen LogP contribution in [0.1, 0.15) is 93.6 Å². The molecule has 1 atom stereocenters. The van der Waals surface area contributed by atoms with Gasteiger partial charge >= 0.3 is 0 Å². The highest BCUT2D eigenvalue weighted by atomic mass is 16.5. The molecular weight excluding hydrogens is 524 g/mol. The normalized spacial score (nSPS) is 20.9. The number of benzene rings is 2. The van der Waals surface area contributed by atoms with Crippen LogP contribution in [0.4, 0.5) is 0 Å². The summed E-state index contributed by atoms with van der Waals surface area (Å²) in [6.07, 6.45) is 2.64. The van der Waals surface area contributed by atoms with Crippen molar-refractivity contribution in [2.75, 3.05) is 0 Å². The van der Waals surface area contributed by atoms with Gasteiger partial charge in [-0.25, -0.2) is 0 Å². The molecule has 0 bridgehead atoms. The average Bonchev–Trinajstić information content (AvgIpc) is 3.32. The number of phenolic OH excluding ortho intramolecular Hbond substituents is 2. The van der Waals surface area contributed by atoms with E-state index in [1.165, 1.54) is 26.0 Å². The van der Waals surface area contributed by atoms with Crippen molar-refractivity contribution in [2.45, 2.75) is 78.6 Å². The van der Waals surface area contributed by atoms with Crippen LogP contribution in [0.2, 0.25) is 0 Å². The second-order valence-electron chi connectivity index (χ2n) is 13.2. The first-order chi connectivity index (χ1) is 18.8. The molecular formula is C33H34O8. The first kappa shape index (κ1) is 28.2. The Morgan fingerprint density at radius 1 is 0.927 bits per heavy atom. The highest BCUT2D eigenvalue weighted by molar-refractivity contribution is 6.26. The van der Waals surface area contributed by atoms with Gasteiger partial charge in [0.25, 0.3) is 0 Å². The Kier molecular flexibility index (Phi) is 5.91. The minimum atomic E-state index is -1.64. The molecule has 1 aliphatic carbocycles. The van der Waals surface area contributed by atoms with E-state index < -0.39 is 34.1 Å². The SMILES string of the molecule is CC(=O)C1=C(O)C=C2Oc3c4c(c(C)c(O)c3[C@@]2(C)C1=O)O/C(=C\c1cc(C(C)(C)C)cc(C(C)(C)C)c1O)C4=O.